The van der Waals surface area contributed by atoms with Crippen LogP contribution in [0.15, 0.2) is 48.5 Å². The molecule has 170 valence electrons. The lowest BCUT2D eigenvalue weighted by atomic mass is 9.97. The molecular weight excluding hydrogens is 437 g/mol. The van der Waals surface area contributed by atoms with Gasteiger partial charge in [0.05, 0.1) is 22.0 Å². The number of thiazole rings is 1. The Bertz CT molecular complexity index is 1300. The average Bonchev–Trinajstić information content (AvgIpc) is 3.39. The van der Waals surface area contributed by atoms with Crippen LogP contribution < -0.4 is 10.2 Å². The third-order valence-corrected chi connectivity index (χ3v) is 7.29. The number of hydrogen-bond donors (Lipinski definition) is 1. The van der Waals surface area contributed by atoms with Gasteiger partial charge in [0.2, 0.25) is 5.91 Å². The van der Waals surface area contributed by atoms with E-state index in [1.165, 1.54) is 17.7 Å². The van der Waals surface area contributed by atoms with Gasteiger partial charge in [-0.2, -0.15) is 10.1 Å². The van der Waals surface area contributed by atoms with Crippen LogP contribution in [0.3, 0.4) is 0 Å². The van der Waals surface area contributed by atoms with Crippen LogP contribution in [0.2, 0.25) is 0 Å². The predicted molar refractivity (Wildman–Crippen MR) is 129 cm³/mol. The van der Waals surface area contributed by atoms with Crippen molar-refractivity contribution in [3.8, 4) is 5.69 Å². The Hall–Kier alpha value is -3.26. The van der Waals surface area contributed by atoms with Gasteiger partial charge in [0.1, 0.15) is 5.82 Å². The Morgan fingerprint density at radius 3 is 2.82 bits per heavy atom. The molecule has 1 fully saturated rings. The number of carbonyl (C=O) groups excluding carboxylic acids is 1. The molecule has 1 atom stereocenters. The van der Waals surface area contributed by atoms with Gasteiger partial charge in [-0.15, -0.1) is 0 Å². The second-order valence-corrected chi connectivity index (χ2v) is 9.59. The van der Waals surface area contributed by atoms with Crippen LogP contribution in [0.1, 0.15) is 29.7 Å². The van der Waals surface area contributed by atoms with E-state index in [0.29, 0.717) is 13.1 Å². The Morgan fingerprint density at radius 1 is 1.21 bits per heavy atom. The van der Waals surface area contributed by atoms with Crippen molar-refractivity contribution < 1.29 is 9.18 Å². The van der Waals surface area contributed by atoms with Crippen LogP contribution in [0.5, 0.6) is 0 Å². The maximum absolute atomic E-state index is 13.4. The number of nitrogens with zero attached hydrogens (tertiary/aromatic N) is 4. The predicted octanol–water partition coefficient (Wildman–Crippen LogP) is 4.77. The molecule has 6 nitrogen and oxygen atoms in total. The number of fused-ring (bicyclic) bond motifs is 1. The highest BCUT2D eigenvalue weighted by Crippen LogP contribution is 2.34. The molecule has 1 aliphatic heterocycles. The van der Waals surface area contributed by atoms with E-state index in [4.69, 9.17) is 10.1 Å². The van der Waals surface area contributed by atoms with Crippen molar-refractivity contribution in [3.05, 3.63) is 71.2 Å². The largest absolute Gasteiger partial charge is 0.352 e. The lowest BCUT2D eigenvalue weighted by molar-refractivity contribution is -0.125. The van der Waals surface area contributed by atoms with Crippen molar-refractivity contribution in [2.45, 2.75) is 33.2 Å². The molecule has 0 spiro atoms. The van der Waals surface area contributed by atoms with Crippen LogP contribution in [-0.4, -0.2) is 33.8 Å². The minimum Gasteiger partial charge on any atom is -0.352 e. The van der Waals surface area contributed by atoms with Crippen LogP contribution in [-0.2, 0) is 11.3 Å². The number of amides is 1. The highest BCUT2D eigenvalue weighted by atomic mass is 32.1. The number of anilines is 1. The van der Waals surface area contributed by atoms with Gasteiger partial charge < -0.3 is 10.2 Å². The Balaban J connectivity index is 1.32. The minimum absolute atomic E-state index is 0.00656. The number of halogens is 1. The summed E-state index contributed by atoms with van der Waals surface area (Å²) in [5.41, 5.74) is 4.76. The highest BCUT2D eigenvalue weighted by Gasteiger charge is 2.28. The molecule has 0 aliphatic carbocycles. The normalized spacial score (nSPS) is 16.3. The van der Waals surface area contributed by atoms with Crippen molar-refractivity contribution in [2.24, 2.45) is 5.92 Å². The second-order valence-electron chi connectivity index (χ2n) is 8.61. The van der Waals surface area contributed by atoms with Gasteiger partial charge in [-0.25, -0.2) is 9.07 Å². The van der Waals surface area contributed by atoms with Gasteiger partial charge in [-0.1, -0.05) is 41.2 Å². The fraction of sp³-hybridized carbons (Fsp3) is 0.320. The van der Waals surface area contributed by atoms with Gasteiger partial charge >= 0.3 is 0 Å². The summed E-state index contributed by atoms with van der Waals surface area (Å²) < 4.78 is 16.4. The van der Waals surface area contributed by atoms with Crippen LogP contribution in [0.4, 0.5) is 9.52 Å². The number of benzene rings is 2. The SMILES string of the molecule is Cc1ccc(-n2nc(C)c3sc(N4CCC[C@H](C(=O)NCc5cccc(F)c5)C4)nc32)cc1. The average molecular weight is 464 g/mol. The third kappa shape index (κ3) is 4.48. The number of aromatic nitrogens is 3. The van der Waals surface area contributed by atoms with Gasteiger partial charge in [0.15, 0.2) is 10.8 Å². The maximum atomic E-state index is 13.4. The number of hydrogen-bond acceptors (Lipinski definition) is 5. The van der Waals surface area contributed by atoms with E-state index >= 15 is 0 Å². The topological polar surface area (TPSA) is 63.1 Å². The van der Waals surface area contributed by atoms with Crippen molar-refractivity contribution >= 4 is 32.7 Å². The summed E-state index contributed by atoms with van der Waals surface area (Å²) >= 11 is 1.63. The number of rotatable bonds is 5. The molecule has 1 N–H and O–H groups in total. The summed E-state index contributed by atoms with van der Waals surface area (Å²) in [5.74, 6) is -0.401. The lowest BCUT2D eigenvalue weighted by Gasteiger charge is -2.31. The van der Waals surface area contributed by atoms with Crippen molar-refractivity contribution in [1.29, 1.82) is 0 Å². The molecule has 5 rings (SSSR count). The summed E-state index contributed by atoms with van der Waals surface area (Å²) in [7, 11) is 0. The third-order valence-electron chi connectivity index (χ3n) is 6.07. The van der Waals surface area contributed by atoms with Gasteiger partial charge in [0, 0.05) is 19.6 Å². The summed E-state index contributed by atoms with van der Waals surface area (Å²) in [6, 6.07) is 14.6. The van der Waals surface area contributed by atoms with Crippen LogP contribution in [0, 0.1) is 25.6 Å². The molecule has 0 bridgehead atoms. The maximum Gasteiger partial charge on any atom is 0.225 e. The molecule has 33 heavy (non-hydrogen) atoms. The van der Waals surface area contributed by atoms with E-state index in [1.54, 1.807) is 17.4 Å². The van der Waals surface area contributed by atoms with E-state index in [-0.39, 0.29) is 17.6 Å². The lowest BCUT2D eigenvalue weighted by Crippen LogP contribution is -2.43. The first-order chi connectivity index (χ1) is 16.0. The molecule has 0 radical (unpaired) electrons. The van der Waals surface area contributed by atoms with E-state index < -0.39 is 0 Å². The molecule has 2 aromatic carbocycles. The molecule has 0 unspecified atom stereocenters. The van der Waals surface area contributed by atoms with Gasteiger partial charge in [0.25, 0.3) is 0 Å². The Labute approximate surface area is 196 Å². The fourth-order valence-corrected chi connectivity index (χ4v) is 5.29. The highest BCUT2D eigenvalue weighted by molar-refractivity contribution is 7.22. The molecular formula is C25H26FN5OS. The first-order valence-electron chi connectivity index (χ1n) is 11.2. The summed E-state index contributed by atoms with van der Waals surface area (Å²) in [4.78, 5) is 19.9. The van der Waals surface area contributed by atoms with E-state index in [1.807, 2.05) is 17.7 Å². The second kappa shape index (κ2) is 8.94. The standard InChI is InChI=1S/C25H26FN5OS/c1-16-8-10-21(11-9-16)31-23-22(17(2)29-31)33-25(28-23)30-12-4-6-19(15-30)24(32)27-14-18-5-3-7-20(26)13-18/h3,5,7-11,13,19H,4,6,12,14-15H2,1-2H3,(H,27,32)/t19-/m0/s1. The number of piperidine rings is 1. The van der Waals surface area contributed by atoms with Gasteiger partial charge in [-0.05, 0) is 56.5 Å². The molecule has 2 aromatic heterocycles. The summed E-state index contributed by atoms with van der Waals surface area (Å²) in [6.45, 7) is 5.91. The van der Waals surface area contributed by atoms with E-state index in [9.17, 15) is 9.18 Å². The molecule has 3 heterocycles. The summed E-state index contributed by atoms with van der Waals surface area (Å²) in [6.07, 6.45) is 1.77. The first kappa shape index (κ1) is 21.6. The zero-order chi connectivity index (χ0) is 22.9. The molecule has 1 saturated heterocycles. The minimum atomic E-state index is -0.291. The fourth-order valence-electron chi connectivity index (χ4n) is 4.27. The zero-order valence-corrected chi connectivity index (χ0v) is 19.5. The van der Waals surface area contributed by atoms with Crippen LogP contribution >= 0.6 is 11.3 Å². The monoisotopic (exact) mass is 463 g/mol. The van der Waals surface area contributed by atoms with E-state index in [2.05, 4.69) is 41.4 Å². The Kier molecular flexibility index (Phi) is 5.85. The number of aryl methyl sites for hydroxylation is 2. The Morgan fingerprint density at radius 2 is 2.03 bits per heavy atom. The molecule has 8 heteroatoms. The van der Waals surface area contributed by atoms with Crippen molar-refractivity contribution in [2.75, 3.05) is 18.0 Å². The molecule has 4 aromatic rings. The smallest absolute Gasteiger partial charge is 0.225 e. The summed E-state index contributed by atoms with van der Waals surface area (Å²) in [5, 5.41) is 8.59. The quantitative estimate of drug-likeness (QED) is 0.463. The van der Waals surface area contributed by atoms with Crippen LogP contribution in [0.25, 0.3) is 16.0 Å². The zero-order valence-electron chi connectivity index (χ0n) is 18.7. The molecule has 1 amide bonds. The number of nitrogens with one attached hydrogen (secondary N) is 1. The first-order valence-corrected chi connectivity index (χ1v) is 12.0. The van der Waals surface area contributed by atoms with Gasteiger partial charge in [-0.3, -0.25) is 4.79 Å². The van der Waals surface area contributed by atoms with E-state index in [0.717, 1.165) is 51.8 Å². The number of carbonyl (C=O) groups is 1. The molecule has 1 aliphatic rings. The van der Waals surface area contributed by atoms with Crippen molar-refractivity contribution in [3.63, 3.8) is 0 Å². The van der Waals surface area contributed by atoms with Crippen molar-refractivity contribution in [1.82, 2.24) is 20.1 Å². The molecule has 0 saturated carbocycles.